The van der Waals surface area contributed by atoms with Gasteiger partial charge in [0.1, 0.15) is 5.82 Å². The van der Waals surface area contributed by atoms with Crippen molar-refractivity contribution in [3.63, 3.8) is 0 Å². The fourth-order valence-corrected chi connectivity index (χ4v) is 2.26. The molecule has 0 unspecified atom stereocenters. The van der Waals surface area contributed by atoms with Crippen molar-refractivity contribution in [3.05, 3.63) is 24.3 Å². The minimum Gasteiger partial charge on any atom is -0.368 e. The molecule has 1 aliphatic rings. The van der Waals surface area contributed by atoms with Crippen LogP contribution in [0.25, 0.3) is 0 Å². The Balaban J connectivity index is 1.98. The molecular formula is C13H19FN4O. The van der Waals surface area contributed by atoms with Crippen LogP contribution in [0, 0.1) is 5.82 Å². The summed E-state index contributed by atoms with van der Waals surface area (Å²) in [5, 5.41) is 2.87. The van der Waals surface area contributed by atoms with E-state index in [1.54, 1.807) is 13.2 Å². The van der Waals surface area contributed by atoms with Crippen LogP contribution in [0.2, 0.25) is 0 Å². The highest BCUT2D eigenvalue weighted by Gasteiger charge is 2.18. The Morgan fingerprint density at radius 1 is 1.37 bits per heavy atom. The topological polar surface area (TPSA) is 48.5 Å². The summed E-state index contributed by atoms with van der Waals surface area (Å²) in [5.74, 6) is -0.216. The Kier molecular flexibility index (Phi) is 4.68. The molecule has 1 saturated heterocycles. The van der Waals surface area contributed by atoms with E-state index < -0.39 is 0 Å². The van der Waals surface area contributed by atoms with E-state index in [0.29, 0.717) is 19.6 Å². The molecule has 104 valence electrons. The zero-order valence-electron chi connectivity index (χ0n) is 11.1. The first-order valence-electron chi connectivity index (χ1n) is 6.48. The summed E-state index contributed by atoms with van der Waals surface area (Å²) in [5.41, 5.74) is 0.780. The fraction of sp³-hybridized carbons (Fsp3) is 0.538. The van der Waals surface area contributed by atoms with Gasteiger partial charge in [-0.2, -0.15) is 0 Å². The number of anilines is 1. The van der Waals surface area contributed by atoms with E-state index in [1.165, 1.54) is 12.3 Å². The molecule has 1 aromatic heterocycles. The van der Waals surface area contributed by atoms with E-state index >= 15 is 0 Å². The molecular weight excluding hydrogens is 247 g/mol. The number of halogens is 1. The largest absolute Gasteiger partial charge is 0.368 e. The number of carbonyl (C=O) groups excluding carboxylic acids is 1. The second kappa shape index (κ2) is 6.47. The zero-order valence-corrected chi connectivity index (χ0v) is 11.1. The molecule has 2 heterocycles. The van der Waals surface area contributed by atoms with Gasteiger partial charge in [0.2, 0.25) is 5.91 Å². The summed E-state index contributed by atoms with van der Waals surface area (Å²) < 4.78 is 13.2. The highest BCUT2D eigenvalue weighted by Crippen LogP contribution is 2.16. The standard InChI is InChI=1S/C13H19FN4O/c1-15-10-13(19)18-4-2-3-17(5-6-18)12-7-11(14)8-16-9-12/h7-9,15H,2-6,10H2,1H3. The number of nitrogens with one attached hydrogen (secondary N) is 1. The van der Waals surface area contributed by atoms with Crippen molar-refractivity contribution < 1.29 is 9.18 Å². The SMILES string of the molecule is CNCC(=O)N1CCCN(c2cncc(F)c2)CC1. The third-order valence-electron chi connectivity index (χ3n) is 3.23. The lowest BCUT2D eigenvalue weighted by Gasteiger charge is -2.23. The maximum atomic E-state index is 13.2. The smallest absolute Gasteiger partial charge is 0.236 e. The number of nitrogens with zero attached hydrogens (tertiary/aromatic N) is 3. The second-order valence-electron chi connectivity index (χ2n) is 4.61. The van der Waals surface area contributed by atoms with Crippen LogP contribution in [0.4, 0.5) is 10.1 Å². The molecule has 19 heavy (non-hydrogen) atoms. The Labute approximate surface area is 112 Å². The van der Waals surface area contributed by atoms with Gasteiger partial charge in [0.25, 0.3) is 0 Å². The van der Waals surface area contributed by atoms with E-state index in [2.05, 4.69) is 15.2 Å². The predicted molar refractivity (Wildman–Crippen MR) is 71.5 cm³/mol. The van der Waals surface area contributed by atoms with Crippen molar-refractivity contribution >= 4 is 11.6 Å². The van der Waals surface area contributed by atoms with Crippen LogP contribution in [0.3, 0.4) is 0 Å². The van der Waals surface area contributed by atoms with Crippen LogP contribution in [-0.4, -0.2) is 55.6 Å². The molecule has 0 aromatic carbocycles. The Morgan fingerprint density at radius 3 is 2.95 bits per heavy atom. The molecule has 0 atom stereocenters. The van der Waals surface area contributed by atoms with Gasteiger partial charge in [-0.05, 0) is 13.5 Å². The molecule has 1 fully saturated rings. The van der Waals surface area contributed by atoms with Crippen molar-refractivity contribution in [1.82, 2.24) is 15.2 Å². The molecule has 1 aromatic rings. The van der Waals surface area contributed by atoms with Crippen LogP contribution in [0.1, 0.15) is 6.42 Å². The minimum atomic E-state index is -0.329. The molecule has 0 aliphatic carbocycles. The van der Waals surface area contributed by atoms with E-state index in [4.69, 9.17) is 0 Å². The average molecular weight is 266 g/mol. The van der Waals surface area contributed by atoms with Gasteiger partial charge in [-0.3, -0.25) is 9.78 Å². The van der Waals surface area contributed by atoms with Crippen molar-refractivity contribution in [2.75, 3.05) is 44.7 Å². The number of hydrogen-bond acceptors (Lipinski definition) is 4. The van der Waals surface area contributed by atoms with Crippen LogP contribution >= 0.6 is 0 Å². The number of hydrogen-bond donors (Lipinski definition) is 1. The van der Waals surface area contributed by atoms with Crippen LogP contribution < -0.4 is 10.2 Å². The van der Waals surface area contributed by atoms with E-state index in [1.807, 2.05) is 4.90 Å². The Morgan fingerprint density at radius 2 is 2.21 bits per heavy atom. The molecule has 1 aliphatic heterocycles. The predicted octanol–water partition coefficient (Wildman–Crippen LogP) is 0.479. The molecule has 0 saturated carbocycles. The van der Waals surface area contributed by atoms with Crippen LogP contribution in [0.5, 0.6) is 0 Å². The van der Waals surface area contributed by atoms with E-state index in [0.717, 1.165) is 25.2 Å². The van der Waals surface area contributed by atoms with Crippen molar-refractivity contribution in [1.29, 1.82) is 0 Å². The first kappa shape index (κ1) is 13.7. The number of rotatable bonds is 3. The molecule has 1 amide bonds. The molecule has 0 radical (unpaired) electrons. The normalized spacial score (nSPS) is 16.3. The average Bonchev–Trinajstić information content (AvgIpc) is 2.65. The van der Waals surface area contributed by atoms with Crippen molar-refractivity contribution in [3.8, 4) is 0 Å². The van der Waals surface area contributed by atoms with Gasteiger partial charge in [-0.15, -0.1) is 0 Å². The molecule has 1 N–H and O–H groups in total. The molecule has 5 nitrogen and oxygen atoms in total. The lowest BCUT2D eigenvalue weighted by Crippen LogP contribution is -2.39. The molecule has 6 heteroatoms. The second-order valence-corrected chi connectivity index (χ2v) is 4.61. The van der Waals surface area contributed by atoms with Gasteiger partial charge in [-0.1, -0.05) is 0 Å². The first-order chi connectivity index (χ1) is 9.20. The maximum Gasteiger partial charge on any atom is 0.236 e. The summed E-state index contributed by atoms with van der Waals surface area (Å²) in [4.78, 5) is 19.6. The number of amides is 1. The lowest BCUT2D eigenvalue weighted by atomic mass is 10.3. The zero-order chi connectivity index (χ0) is 13.7. The van der Waals surface area contributed by atoms with Crippen LogP contribution in [0.15, 0.2) is 18.5 Å². The summed E-state index contributed by atoms with van der Waals surface area (Å²) in [7, 11) is 1.76. The fourth-order valence-electron chi connectivity index (χ4n) is 2.26. The van der Waals surface area contributed by atoms with Gasteiger partial charge in [0, 0.05) is 32.2 Å². The molecule has 2 rings (SSSR count). The van der Waals surface area contributed by atoms with Gasteiger partial charge >= 0.3 is 0 Å². The minimum absolute atomic E-state index is 0.113. The molecule has 0 bridgehead atoms. The van der Waals surface area contributed by atoms with Crippen LogP contribution in [-0.2, 0) is 4.79 Å². The highest BCUT2D eigenvalue weighted by molar-refractivity contribution is 5.78. The lowest BCUT2D eigenvalue weighted by molar-refractivity contribution is -0.129. The van der Waals surface area contributed by atoms with E-state index in [-0.39, 0.29) is 11.7 Å². The monoisotopic (exact) mass is 266 g/mol. The van der Waals surface area contributed by atoms with Crippen molar-refractivity contribution in [2.45, 2.75) is 6.42 Å². The number of aromatic nitrogens is 1. The van der Waals surface area contributed by atoms with Crippen molar-refractivity contribution in [2.24, 2.45) is 0 Å². The van der Waals surface area contributed by atoms with E-state index in [9.17, 15) is 9.18 Å². The number of carbonyl (C=O) groups is 1. The highest BCUT2D eigenvalue weighted by atomic mass is 19.1. The van der Waals surface area contributed by atoms with Gasteiger partial charge in [0.15, 0.2) is 0 Å². The summed E-state index contributed by atoms with van der Waals surface area (Å²) in [6.45, 7) is 3.30. The third kappa shape index (κ3) is 3.64. The maximum absolute atomic E-state index is 13.2. The van der Waals surface area contributed by atoms with Gasteiger partial charge in [-0.25, -0.2) is 4.39 Å². The Bertz CT molecular complexity index is 440. The number of pyridine rings is 1. The summed E-state index contributed by atoms with van der Waals surface area (Å²) >= 11 is 0. The first-order valence-corrected chi connectivity index (χ1v) is 6.48. The van der Waals surface area contributed by atoms with Gasteiger partial charge in [0.05, 0.1) is 24.6 Å². The molecule has 0 spiro atoms. The summed E-state index contributed by atoms with van der Waals surface area (Å²) in [6.07, 6.45) is 3.74. The third-order valence-corrected chi connectivity index (χ3v) is 3.23. The quantitative estimate of drug-likeness (QED) is 0.864. The van der Waals surface area contributed by atoms with Gasteiger partial charge < -0.3 is 15.1 Å². The Hall–Kier alpha value is -1.69. The summed E-state index contributed by atoms with van der Waals surface area (Å²) in [6, 6.07) is 1.48. The number of likely N-dealkylation sites (N-methyl/N-ethyl adjacent to an activating group) is 1.